The van der Waals surface area contributed by atoms with Gasteiger partial charge in [-0.3, -0.25) is 0 Å². The summed E-state index contributed by atoms with van der Waals surface area (Å²) in [6, 6.07) is 17.4. The molecule has 0 radical (unpaired) electrons. The zero-order valence-corrected chi connectivity index (χ0v) is 20.3. The topological polar surface area (TPSA) is 113 Å². The minimum atomic E-state index is -0.466. The lowest BCUT2D eigenvalue weighted by Gasteiger charge is -2.23. The predicted molar refractivity (Wildman–Crippen MR) is 135 cm³/mol. The second-order valence-electron chi connectivity index (χ2n) is 7.84. The Kier molecular flexibility index (Phi) is 7.84. The molecule has 9 nitrogen and oxygen atoms in total. The van der Waals surface area contributed by atoms with Gasteiger partial charge in [0.1, 0.15) is 4.88 Å². The third kappa shape index (κ3) is 5.72. The lowest BCUT2D eigenvalue weighted by atomic mass is 9.98. The first kappa shape index (κ1) is 24.1. The number of anilines is 1. The number of hydrogen-bond acceptors (Lipinski definition) is 7. The van der Waals surface area contributed by atoms with Crippen molar-refractivity contribution in [2.75, 3.05) is 19.0 Å². The number of urea groups is 1. The van der Waals surface area contributed by atoms with E-state index in [9.17, 15) is 9.59 Å². The smallest absolute Gasteiger partial charge is 0.350 e. The SMILES string of the molecule is CCCCN(Cc1ccc(-c2ccccc2-c2nn[nH]n2)cc1)C(=O)Nc1ccsc1C(=O)OC. The predicted octanol–water partition coefficient (Wildman–Crippen LogP) is 5.22. The molecular weight excluding hydrogens is 464 g/mol. The van der Waals surface area contributed by atoms with Gasteiger partial charge in [0.2, 0.25) is 5.82 Å². The molecular formula is C25H26N6O3S. The normalized spacial score (nSPS) is 10.7. The van der Waals surface area contributed by atoms with Crippen molar-refractivity contribution < 1.29 is 14.3 Å². The standard InChI is InChI=1S/C25H26N6O3S/c1-3-4-14-31(25(33)26-21-13-15-35-22(21)24(32)34-2)16-17-9-11-18(12-10-17)19-7-5-6-8-20(19)23-27-29-30-28-23/h5-13,15H,3-4,14,16H2,1-2H3,(H,26,33)(H,27,28,29,30). The Balaban J connectivity index is 1.51. The van der Waals surface area contributed by atoms with E-state index in [1.54, 1.807) is 16.3 Å². The van der Waals surface area contributed by atoms with Crippen LogP contribution in [0.5, 0.6) is 0 Å². The molecule has 4 rings (SSSR count). The fraction of sp³-hybridized carbons (Fsp3) is 0.240. The average molecular weight is 491 g/mol. The van der Waals surface area contributed by atoms with Crippen LogP contribution in [0.4, 0.5) is 10.5 Å². The molecule has 2 N–H and O–H groups in total. The first-order valence-electron chi connectivity index (χ1n) is 11.2. The van der Waals surface area contributed by atoms with E-state index in [-0.39, 0.29) is 6.03 Å². The van der Waals surface area contributed by atoms with E-state index < -0.39 is 5.97 Å². The minimum absolute atomic E-state index is 0.256. The first-order valence-corrected chi connectivity index (χ1v) is 12.1. The summed E-state index contributed by atoms with van der Waals surface area (Å²) in [5, 5.41) is 19.0. The Morgan fingerprint density at radius 2 is 1.86 bits per heavy atom. The number of methoxy groups -OCH3 is 1. The van der Waals surface area contributed by atoms with Crippen molar-refractivity contribution in [2.45, 2.75) is 26.3 Å². The van der Waals surface area contributed by atoms with Gasteiger partial charge in [-0.1, -0.05) is 61.9 Å². The molecule has 2 aromatic heterocycles. The highest BCUT2D eigenvalue weighted by Crippen LogP contribution is 2.30. The number of amides is 2. The van der Waals surface area contributed by atoms with E-state index in [1.165, 1.54) is 18.4 Å². The Morgan fingerprint density at radius 3 is 2.54 bits per heavy atom. The third-order valence-electron chi connectivity index (χ3n) is 5.50. The van der Waals surface area contributed by atoms with Crippen LogP contribution in [-0.4, -0.2) is 51.2 Å². The van der Waals surface area contributed by atoms with Gasteiger partial charge in [-0.25, -0.2) is 9.59 Å². The van der Waals surface area contributed by atoms with E-state index in [0.717, 1.165) is 35.1 Å². The number of tetrazole rings is 1. The van der Waals surface area contributed by atoms with Crippen LogP contribution >= 0.6 is 11.3 Å². The number of thiophene rings is 1. The van der Waals surface area contributed by atoms with Crippen LogP contribution in [0.1, 0.15) is 35.0 Å². The molecule has 35 heavy (non-hydrogen) atoms. The van der Waals surface area contributed by atoms with Gasteiger partial charge in [-0.05, 0) is 39.8 Å². The largest absolute Gasteiger partial charge is 0.465 e. The highest BCUT2D eigenvalue weighted by atomic mass is 32.1. The molecule has 0 spiro atoms. The zero-order chi connectivity index (χ0) is 24.6. The first-order chi connectivity index (χ1) is 17.1. The molecule has 2 aromatic carbocycles. The molecule has 0 aliphatic rings. The van der Waals surface area contributed by atoms with Crippen molar-refractivity contribution in [1.29, 1.82) is 0 Å². The van der Waals surface area contributed by atoms with Gasteiger partial charge in [-0.15, -0.1) is 21.5 Å². The lowest BCUT2D eigenvalue weighted by Crippen LogP contribution is -2.35. The molecule has 0 bridgehead atoms. The summed E-state index contributed by atoms with van der Waals surface area (Å²) in [5.41, 5.74) is 4.35. The second kappa shape index (κ2) is 11.4. The van der Waals surface area contributed by atoms with Crippen LogP contribution < -0.4 is 5.32 Å². The van der Waals surface area contributed by atoms with Crippen LogP contribution in [0.15, 0.2) is 60.0 Å². The van der Waals surface area contributed by atoms with Gasteiger partial charge in [0.25, 0.3) is 0 Å². The Labute approximate surface area is 207 Å². The Bertz CT molecular complexity index is 1270. The molecule has 2 amide bonds. The number of ether oxygens (including phenoxy) is 1. The number of nitrogens with zero attached hydrogens (tertiary/aromatic N) is 4. The second-order valence-corrected chi connectivity index (χ2v) is 8.75. The average Bonchev–Trinajstić information content (AvgIpc) is 3.59. The monoisotopic (exact) mass is 490 g/mol. The highest BCUT2D eigenvalue weighted by molar-refractivity contribution is 7.12. The van der Waals surface area contributed by atoms with Crippen LogP contribution in [0, 0.1) is 0 Å². The molecule has 0 aliphatic heterocycles. The van der Waals surface area contributed by atoms with Gasteiger partial charge in [-0.2, -0.15) is 5.21 Å². The van der Waals surface area contributed by atoms with Crippen molar-refractivity contribution in [1.82, 2.24) is 25.5 Å². The number of H-pyrrole nitrogens is 1. The van der Waals surface area contributed by atoms with Crippen molar-refractivity contribution >= 4 is 29.0 Å². The van der Waals surface area contributed by atoms with Crippen LogP contribution in [0.3, 0.4) is 0 Å². The molecule has 2 heterocycles. The van der Waals surface area contributed by atoms with E-state index in [4.69, 9.17) is 4.74 Å². The highest BCUT2D eigenvalue weighted by Gasteiger charge is 2.19. The Morgan fingerprint density at radius 1 is 1.09 bits per heavy atom. The summed E-state index contributed by atoms with van der Waals surface area (Å²) >= 11 is 1.23. The van der Waals surface area contributed by atoms with Crippen molar-refractivity contribution in [2.24, 2.45) is 0 Å². The number of aromatic amines is 1. The Hall–Kier alpha value is -4.05. The van der Waals surface area contributed by atoms with E-state index >= 15 is 0 Å². The van der Waals surface area contributed by atoms with E-state index in [1.807, 2.05) is 48.5 Å². The molecule has 4 aromatic rings. The number of carbonyl (C=O) groups is 2. The van der Waals surface area contributed by atoms with Crippen LogP contribution in [0.2, 0.25) is 0 Å². The summed E-state index contributed by atoms with van der Waals surface area (Å²) in [4.78, 5) is 27.2. The third-order valence-corrected chi connectivity index (χ3v) is 6.39. The molecule has 0 atom stereocenters. The number of benzene rings is 2. The van der Waals surface area contributed by atoms with E-state index in [0.29, 0.717) is 29.5 Å². The van der Waals surface area contributed by atoms with Crippen molar-refractivity contribution in [3.8, 4) is 22.5 Å². The van der Waals surface area contributed by atoms with Crippen LogP contribution in [0.25, 0.3) is 22.5 Å². The van der Waals surface area contributed by atoms with Crippen LogP contribution in [-0.2, 0) is 11.3 Å². The van der Waals surface area contributed by atoms with Gasteiger partial charge >= 0.3 is 12.0 Å². The summed E-state index contributed by atoms with van der Waals surface area (Å²) < 4.78 is 4.81. The summed E-state index contributed by atoms with van der Waals surface area (Å²) in [6.07, 6.45) is 1.83. The summed E-state index contributed by atoms with van der Waals surface area (Å²) in [7, 11) is 1.32. The van der Waals surface area contributed by atoms with Crippen molar-refractivity contribution in [3.63, 3.8) is 0 Å². The fourth-order valence-corrected chi connectivity index (χ4v) is 4.44. The summed E-state index contributed by atoms with van der Waals surface area (Å²) in [6.45, 7) is 3.12. The quantitative estimate of drug-likeness (QED) is 0.311. The number of aromatic nitrogens is 4. The summed E-state index contributed by atoms with van der Waals surface area (Å²) in [5.74, 6) is 0.0685. The molecule has 10 heteroatoms. The maximum Gasteiger partial charge on any atom is 0.350 e. The van der Waals surface area contributed by atoms with E-state index in [2.05, 4.69) is 32.9 Å². The minimum Gasteiger partial charge on any atom is -0.465 e. The molecule has 0 fully saturated rings. The lowest BCUT2D eigenvalue weighted by molar-refractivity contribution is 0.0607. The number of carbonyl (C=O) groups excluding carboxylic acids is 2. The fourth-order valence-electron chi connectivity index (χ4n) is 3.67. The molecule has 0 saturated carbocycles. The molecule has 0 saturated heterocycles. The van der Waals surface area contributed by atoms with Gasteiger partial charge in [0.15, 0.2) is 0 Å². The molecule has 0 unspecified atom stereocenters. The molecule has 180 valence electrons. The molecule has 0 aliphatic carbocycles. The van der Waals surface area contributed by atoms with Gasteiger partial charge in [0.05, 0.1) is 12.8 Å². The number of esters is 1. The number of unbranched alkanes of at least 4 members (excludes halogenated alkanes) is 1. The van der Waals surface area contributed by atoms with Gasteiger partial charge in [0, 0.05) is 18.7 Å². The number of hydrogen-bond donors (Lipinski definition) is 2. The van der Waals surface area contributed by atoms with Gasteiger partial charge < -0.3 is 15.0 Å². The number of rotatable bonds is 9. The maximum atomic E-state index is 13.1. The zero-order valence-electron chi connectivity index (χ0n) is 19.5. The maximum absolute atomic E-state index is 13.1. The van der Waals surface area contributed by atoms with Crippen molar-refractivity contribution in [3.05, 3.63) is 70.4 Å². The number of nitrogens with one attached hydrogen (secondary N) is 2.